The first-order valence-electron chi connectivity index (χ1n) is 5.81. The van der Waals surface area contributed by atoms with Gasteiger partial charge in [0, 0.05) is 17.8 Å². The third-order valence-corrected chi connectivity index (χ3v) is 2.96. The molecule has 0 saturated carbocycles. The lowest BCUT2D eigenvalue weighted by Crippen LogP contribution is -2.07. The molecule has 2 heterocycles. The van der Waals surface area contributed by atoms with Gasteiger partial charge in [0.05, 0.1) is 12.7 Å². The Bertz CT molecular complexity index is 595. The summed E-state index contributed by atoms with van der Waals surface area (Å²) in [5.41, 5.74) is -0.607. The highest BCUT2D eigenvalue weighted by molar-refractivity contribution is 7.92. The van der Waals surface area contributed by atoms with Crippen LogP contribution in [0, 0.1) is 6.92 Å². The average Bonchev–Trinajstić information content (AvgIpc) is 2.76. The summed E-state index contributed by atoms with van der Waals surface area (Å²) in [6.07, 6.45) is -2.58. The number of aromatic nitrogens is 2. The number of nitrogens with zero attached hydrogens (tertiary/aromatic N) is 2. The first kappa shape index (κ1) is 16.6. The Hall–Kier alpha value is -1.44. The van der Waals surface area contributed by atoms with Crippen molar-refractivity contribution in [3.05, 3.63) is 23.5 Å². The van der Waals surface area contributed by atoms with E-state index in [9.17, 15) is 17.1 Å². The third kappa shape index (κ3) is 2.84. The van der Waals surface area contributed by atoms with Crippen LogP contribution in [0.5, 0.6) is 5.88 Å². The third-order valence-electron chi connectivity index (χ3n) is 2.52. The molecule has 0 aliphatic rings. The lowest BCUT2D eigenvalue weighted by Gasteiger charge is -2.10. The molecule has 20 heavy (non-hydrogen) atoms. The van der Waals surface area contributed by atoms with E-state index in [2.05, 4.69) is 4.98 Å². The van der Waals surface area contributed by atoms with Crippen molar-refractivity contribution in [2.75, 3.05) is 7.11 Å². The number of hydrogen-bond acceptors (Lipinski definition) is 3. The molecule has 0 amide bonds. The standard InChI is InChI=1S/C10H8F4N2OS.C2H6/c1-5-4-16(18-14)8-7(5)6(10(11,12)13)3-15-9(8)17-2;1-2/h3-4H,1-2H3;1-2H3. The Morgan fingerprint density at radius 3 is 2.35 bits per heavy atom. The van der Waals surface area contributed by atoms with Crippen molar-refractivity contribution in [3.63, 3.8) is 0 Å². The fraction of sp³-hybridized carbons (Fsp3) is 0.417. The molecule has 112 valence electrons. The van der Waals surface area contributed by atoms with Crippen LogP contribution in [0.1, 0.15) is 25.0 Å². The maximum atomic E-state index is 12.9. The predicted octanol–water partition coefficient (Wildman–Crippen LogP) is 4.78. The van der Waals surface area contributed by atoms with Gasteiger partial charge in [-0.15, -0.1) is 3.89 Å². The summed E-state index contributed by atoms with van der Waals surface area (Å²) in [7, 11) is 1.27. The Kier molecular flexibility index (Phi) is 5.27. The molecule has 0 spiro atoms. The molecule has 0 saturated heterocycles. The summed E-state index contributed by atoms with van der Waals surface area (Å²) in [4.78, 5) is 3.57. The lowest BCUT2D eigenvalue weighted by molar-refractivity contribution is -0.136. The van der Waals surface area contributed by atoms with Crippen molar-refractivity contribution >= 4 is 23.2 Å². The number of ether oxygens (including phenoxy) is 1. The van der Waals surface area contributed by atoms with Crippen LogP contribution in [0.2, 0.25) is 0 Å². The molecular formula is C12H14F4N2OS. The molecule has 0 atom stereocenters. The normalized spacial score (nSPS) is 11.2. The van der Waals surface area contributed by atoms with E-state index >= 15 is 0 Å². The zero-order valence-electron chi connectivity index (χ0n) is 11.4. The first-order valence-corrected chi connectivity index (χ1v) is 6.48. The molecule has 0 unspecified atom stereocenters. The van der Waals surface area contributed by atoms with E-state index in [1.54, 1.807) is 0 Å². The van der Waals surface area contributed by atoms with Crippen molar-refractivity contribution < 1.29 is 21.8 Å². The zero-order chi connectivity index (χ0) is 15.5. The smallest absolute Gasteiger partial charge is 0.418 e. The predicted molar refractivity (Wildman–Crippen MR) is 71.5 cm³/mol. The van der Waals surface area contributed by atoms with Gasteiger partial charge in [-0.2, -0.15) is 13.2 Å². The summed E-state index contributed by atoms with van der Waals surface area (Å²) in [5, 5.41) is -0.0977. The Labute approximate surface area is 118 Å². The second-order valence-electron chi connectivity index (χ2n) is 3.61. The molecular weight excluding hydrogens is 296 g/mol. The van der Waals surface area contributed by atoms with Crippen molar-refractivity contribution in [1.29, 1.82) is 0 Å². The van der Waals surface area contributed by atoms with E-state index in [1.807, 2.05) is 13.8 Å². The summed E-state index contributed by atoms with van der Waals surface area (Å²) in [6.45, 7) is 5.48. The summed E-state index contributed by atoms with van der Waals surface area (Å²) in [6, 6.07) is 0. The highest BCUT2D eigenvalue weighted by Gasteiger charge is 2.35. The van der Waals surface area contributed by atoms with Crippen LogP contribution in [0.3, 0.4) is 0 Å². The average molecular weight is 310 g/mol. The number of aryl methyl sites for hydroxylation is 1. The van der Waals surface area contributed by atoms with E-state index < -0.39 is 11.7 Å². The molecule has 0 N–H and O–H groups in total. The van der Waals surface area contributed by atoms with Crippen LogP contribution in [0.15, 0.2) is 12.4 Å². The molecule has 2 aromatic rings. The Morgan fingerprint density at radius 1 is 1.30 bits per heavy atom. The largest absolute Gasteiger partial charge is 0.479 e. The van der Waals surface area contributed by atoms with E-state index in [1.165, 1.54) is 20.2 Å². The van der Waals surface area contributed by atoms with Gasteiger partial charge in [0.15, 0.2) is 12.3 Å². The fourth-order valence-electron chi connectivity index (χ4n) is 1.81. The van der Waals surface area contributed by atoms with Gasteiger partial charge in [0.1, 0.15) is 5.52 Å². The molecule has 0 aromatic carbocycles. The van der Waals surface area contributed by atoms with Crippen molar-refractivity contribution in [1.82, 2.24) is 8.96 Å². The molecule has 3 nitrogen and oxygen atoms in total. The van der Waals surface area contributed by atoms with E-state index in [-0.39, 0.29) is 29.1 Å². The van der Waals surface area contributed by atoms with Gasteiger partial charge in [-0.25, -0.2) is 4.98 Å². The maximum absolute atomic E-state index is 12.9. The molecule has 0 fully saturated rings. The van der Waals surface area contributed by atoms with Crippen molar-refractivity contribution in [2.45, 2.75) is 26.9 Å². The molecule has 2 rings (SSSR count). The first-order chi connectivity index (χ1) is 9.40. The topological polar surface area (TPSA) is 27.1 Å². The van der Waals surface area contributed by atoms with Gasteiger partial charge in [-0.05, 0) is 12.5 Å². The van der Waals surface area contributed by atoms with E-state index in [0.29, 0.717) is 11.8 Å². The maximum Gasteiger partial charge on any atom is 0.418 e. The Balaban J connectivity index is 0.000000956. The molecule has 0 radical (unpaired) electrons. The molecule has 0 aliphatic carbocycles. The quantitative estimate of drug-likeness (QED) is 0.747. The molecule has 8 heteroatoms. The number of halogens is 4. The van der Waals surface area contributed by atoms with Crippen LogP contribution in [0.4, 0.5) is 17.1 Å². The zero-order valence-corrected chi connectivity index (χ0v) is 12.2. The monoisotopic (exact) mass is 310 g/mol. The van der Waals surface area contributed by atoms with Gasteiger partial charge in [-0.1, -0.05) is 13.8 Å². The lowest BCUT2D eigenvalue weighted by atomic mass is 10.1. The van der Waals surface area contributed by atoms with Crippen LogP contribution >= 0.6 is 12.3 Å². The minimum absolute atomic E-state index is 0.0164. The fourth-order valence-corrected chi connectivity index (χ4v) is 2.25. The van der Waals surface area contributed by atoms with Gasteiger partial charge >= 0.3 is 6.18 Å². The van der Waals surface area contributed by atoms with Crippen LogP contribution in [-0.4, -0.2) is 16.1 Å². The van der Waals surface area contributed by atoms with E-state index in [4.69, 9.17) is 4.74 Å². The number of fused-ring (bicyclic) bond motifs is 1. The molecule has 0 bridgehead atoms. The summed E-state index contributed by atoms with van der Waals surface area (Å²) in [5.74, 6) is -0.0451. The number of alkyl halides is 3. The van der Waals surface area contributed by atoms with Crippen molar-refractivity contribution in [2.24, 2.45) is 0 Å². The second kappa shape index (κ2) is 6.34. The summed E-state index contributed by atoms with van der Waals surface area (Å²) < 4.78 is 57.1. The van der Waals surface area contributed by atoms with Gasteiger partial charge in [0.2, 0.25) is 5.88 Å². The molecule has 0 aliphatic heterocycles. The number of rotatable bonds is 2. The van der Waals surface area contributed by atoms with Crippen molar-refractivity contribution in [3.8, 4) is 5.88 Å². The number of pyridine rings is 1. The van der Waals surface area contributed by atoms with E-state index in [0.717, 1.165) is 3.97 Å². The summed E-state index contributed by atoms with van der Waals surface area (Å²) >= 11 is -0.203. The van der Waals surface area contributed by atoms with Gasteiger partial charge in [0.25, 0.3) is 0 Å². The molecule has 2 aromatic heterocycles. The SMILES string of the molecule is CC.COc1ncc(C(F)(F)F)c2c(C)cn(SF)c12. The number of hydrogen-bond donors (Lipinski definition) is 0. The highest BCUT2D eigenvalue weighted by atomic mass is 32.2. The second-order valence-corrected chi connectivity index (χ2v) is 4.14. The van der Waals surface area contributed by atoms with Crippen LogP contribution in [-0.2, 0) is 6.18 Å². The van der Waals surface area contributed by atoms with Crippen LogP contribution in [0.25, 0.3) is 10.9 Å². The highest BCUT2D eigenvalue weighted by Crippen LogP contribution is 2.40. The number of methoxy groups -OCH3 is 1. The van der Waals surface area contributed by atoms with Crippen LogP contribution < -0.4 is 4.74 Å². The van der Waals surface area contributed by atoms with Gasteiger partial charge in [-0.3, -0.25) is 3.97 Å². The minimum Gasteiger partial charge on any atom is -0.479 e. The Morgan fingerprint density at radius 2 is 1.90 bits per heavy atom. The van der Waals surface area contributed by atoms with Gasteiger partial charge < -0.3 is 4.74 Å². The minimum atomic E-state index is -4.55.